The maximum Gasteiger partial charge on any atom is 0.228 e. The van der Waals surface area contributed by atoms with Gasteiger partial charge in [0.05, 0.1) is 30.0 Å². The van der Waals surface area contributed by atoms with Gasteiger partial charge in [0.25, 0.3) is 0 Å². The van der Waals surface area contributed by atoms with E-state index >= 15 is 0 Å². The Balaban J connectivity index is 1.38. The minimum atomic E-state index is 0.435. The van der Waals surface area contributed by atoms with Crippen molar-refractivity contribution in [1.82, 2.24) is 15.0 Å². The Kier molecular flexibility index (Phi) is 4.66. The first kappa shape index (κ1) is 18.7. The molecule has 30 heavy (non-hydrogen) atoms. The summed E-state index contributed by atoms with van der Waals surface area (Å²) in [6.45, 7) is 3.31. The van der Waals surface area contributed by atoms with Crippen LogP contribution in [0.2, 0.25) is 0 Å². The third-order valence-electron chi connectivity index (χ3n) is 5.33. The molecule has 1 aliphatic heterocycles. The molecule has 0 radical (unpaired) electrons. The zero-order chi connectivity index (χ0) is 20.7. The third-order valence-corrected chi connectivity index (χ3v) is 6.43. The molecule has 154 valence electrons. The summed E-state index contributed by atoms with van der Waals surface area (Å²) in [5.74, 6) is 2.30. The first-order chi connectivity index (χ1) is 14.7. The second-order valence-electron chi connectivity index (χ2n) is 7.07. The maximum absolute atomic E-state index is 6.25. The Labute approximate surface area is 177 Å². The lowest BCUT2D eigenvalue weighted by Crippen LogP contribution is -2.47. The van der Waals surface area contributed by atoms with Crippen LogP contribution in [-0.2, 0) is 0 Å². The van der Waals surface area contributed by atoms with Crippen LogP contribution in [0.25, 0.3) is 21.1 Å². The summed E-state index contributed by atoms with van der Waals surface area (Å²) in [4.78, 5) is 18.6. The molecule has 0 unspecified atom stereocenters. The molecule has 9 heteroatoms. The fourth-order valence-electron chi connectivity index (χ4n) is 3.70. The van der Waals surface area contributed by atoms with Crippen LogP contribution in [0.5, 0.6) is 11.5 Å². The Bertz CT molecular complexity index is 1190. The number of methoxy groups -OCH3 is 2. The normalized spacial score (nSPS) is 14.5. The molecule has 0 aliphatic carbocycles. The Morgan fingerprint density at radius 3 is 2.30 bits per heavy atom. The molecule has 3 heterocycles. The number of fused-ring (bicyclic) bond motifs is 2. The molecule has 1 fully saturated rings. The van der Waals surface area contributed by atoms with E-state index in [4.69, 9.17) is 25.2 Å². The average molecular weight is 423 g/mol. The lowest BCUT2D eigenvalue weighted by Gasteiger charge is -2.34. The van der Waals surface area contributed by atoms with Gasteiger partial charge >= 0.3 is 0 Å². The van der Waals surface area contributed by atoms with Crippen LogP contribution < -0.4 is 25.0 Å². The van der Waals surface area contributed by atoms with E-state index in [-0.39, 0.29) is 0 Å². The van der Waals surface area contributed by atoms with Gasteiger partial charge in [0.15, 0.2) is 16.6 Å². The summed E-state index contributed by atoms with van der Waals surface area (Å²) in [5, 5.41) is 1.82. The van der Waals surface area contributed by atoms with Gasteiger partial charge in [-0.3, -0.25) is 0 Å². The zero-order valence-corrected chi connectivity index (χ0v) is 17.6. The Hall–Kier alpha value is -3.33. The monoisotopic (exact) mass is 422 g/mol. The molecule has 2 aromatic carbocycles. The number of piperazine rings is 1. The van der Waals surface area contributed by atoms with Crippen molar-refractivity contribution in [1.29, 1.82) is 0 Å². The fourth-order valence-corrected chi connectivity index (χ4v) is 4.72. The molecule has 0 atom stereocenters. The van der Waals surface area contributed by atoms with E-state index in [2.05, 4.69) is 26.9 Å². The molecule has 0 saturated carbocycles. The number of nitrogen functional groups attached to an aromatic ring is 1. The summed E-state index contributed by atoms with van der Waals surface area (Å²) in [7, 11) is 3.20. The van der Waals surface area contributed by atoms with Crippen LogP contribution in [0.1, 0.15) is 0 Å². The molecule has 1 aliphatic rings. The highest BCUT2D eigenvalue weighted by atomic mass is 32.1. The van der Waals surface area contributed by atoms with Crippen LogP contribution in [0.3, 0.4) is 0 Å². The van der Waals surface area contributed by atoms with Gasteiger partial charge < -0.3 is 25.0 Å². The molecule has 5 rings (SSSR count). The van der Waals surface area contributed by atoms with Crippen molar-refractivity contribution >= 4 is 49.4 Å². The molecule has 0 bridgehead atoms. The highest BCUT2D eigenvalue weighted by molar-refractivity contribution is 7.22. The number of hydrogen-bond donors (Lipinski definition) is 1. The number of ether oxygens (including phenoxy) is 2. The Morgan fingerprint density at radius 1 is 0.867 bits per heavy atom. The Morgan fingerprint density at radius 2 is 1.57 bits per heavy atom. The van der Waals surface area contributed by atoms with Crippen molar-refractivity contribution in [3.05, 3.63) is 36.4 Å². The number of rotatable bonds is 4. The molecule has 4 aromatic rings. The van der Waals surface area contributed by atoms with Gasteiger partial charge in [0.1, 0.15) is 5.82 Å². The minimum Gasteiger partial charge on any atom is -0.493 e. The smallest absolute Gasteiger partial charge is 0.228 e. The lowest BCUT2D eigenvalue weighted by molar-refractivity contribution is 0.356. The molecule has 8 nitrogen and oxygen atoms in total. The van der Waals surface area contributed by atoms with E-state index in [1.165, 1.54) is 4.70 Å². The molecule has 0 amide bonds. The van der Waals surface area contributed by atoms with Gasteiger partial charge in [-0.25, -0.2) is 9.97 Å². The standard InChI is InChI=1S/C21H22N6O2S/c1-28-16-11-13-15(12-17(16)29-2)23-20(25-19(13)22)26-7-9-27(10-8-26)21-24-14-5-3-4-6-18(14)30-21/h3-6,11-12H,7-10H2,1-2H3,(H2,22,23,25). The van der Waals surface area contributed by atoms with Crippen molar-refractivity contribution in [3.63, 3.8) is 0 Å². The highest BCUT2D eigenvalue weighted by Crippen LogP contribution is 2.34. The van der Waals surface area contributed by atoms with Gasteiger partial charge in [0.2, 0.25) is 5.95 Å². The van der Waals surface area contributed by atoms with Gasteiger partial charge in [-0.15, -0.1) is 0 Å². The topological polar surface area (TPSA) is 89.6 Å². The number of aromatic nitrogens is 3. The van der Waals surface area contributed by atoms with Crippen LogP contribution in [0, 0.1) is 0 Å². The molecule has 2 N–H and O–H groups in total. The van der Waals surface area contributed by atoms with Crippen molar-refractivity contribution in [2.24, 2.45) is 0 Å². The minimum absolute atomic E-state index is 0.435. The van der Waals surface area contributed by atoms with Gasteiger partial charge in [-0.05, 0) is 18.2 Å². The lowest BCUT2D eigenvalue weighted by atomic mass is 10.2. The summed E-state index contributed by atoms with van der Waals surface area (Å²) < 4.78 is 12.0. The predicted molar refractivity (Wildman–Crippen MR) is 121 cm³/mol. The first-order valence-electron chi connectivity index (χ1n) is 9.71. The molecule has 0 spiro atoms. The van der Waals surface area contributed by atoms with Gasteiger partial charge in [-0.1, -0.05) is 23.5 Å². The largest absolute Gasteiger partial charge is 0.493 e. The van der Waals surface area contributed by atoms with E-state index in [0.29, 0.717) is 23.3 Å². The second kappa shape index (κ2) is 7.49. The summed E-state index contributed by atoms with van der Waals surface area (Å²) >= 11 is 1.73. The van der Waals surface area contributed by atoms with Crippen LogP contribution >= 0.6 is 11.3 Å². The summed E-state index contributed by atoms with van der Waals surface area (Å²) in [6, 6.07) is 11.9. The van der Waals surface area contributed by atoms with E-state index < -0.39 is 0 Å². The second-order valence-corrected chi connectivity index (χ2v) is 8.08. The van der Waals surface area contributed by atoms with Gasteiger partial charge in [-0.2, -0.15) is 4.98 Å². The number of anilines is 3. The van der Waals surface area contributed by atoms with Crippen LogP contribution in [0.15, 0.2) is 36.4 Å². The molecule has 1 saturated heterocycles. The molecular formula is C21H22N6O2S. The number of nitrogens with two attached hydrogens (primary N) is 1. The van der Waals surface area contributed by atoms with Crippen molar-refractivity contribution < 1.29 is 9.47 Å². The predicted octanol–water partition coefficient (Wildman–Crippen LogP) is 3.17. The number of thiazole rings is 1. The van der Waals surface area contributed by atoms with Crippen molar-refractivity contribution in [2.75, 3.05) is 55.9 Å². The maximum atomic E-state index is 6.25. The fraction of sp³-hybridized carbons (Fsp3) is 0.286. The number of benzene rings is 2. The summed E-state index contributed by atoms with van der Waals surface area (Å²) in [5.41, 5.74) is 8.04. The van der Waals surface area contributed by atoms with Crippen molar-refractivity contribution in [2.45, 2.75) is 0 Å². The number of hydrogen-bond acceptors (Lipinski definition) is 9. The molecule has 2 aromatic heterocycles. The quantitative estimate of drug-likeness (QED) is 0.536. The SMILES string of the molecule is COc1cc2nc(N3CCN(c4nc5ccccc5s4)CC3)nc(N)c2cc1OC. The average Bonchev–Trinajstić information content (AvgIpc) is 3.22. The first-order valence-corrected chi connectivity index (χ1v) is 10.5. The number of para-hydroxylation sites is 1. The van der Waals surface area contributed by atoms with E-state index in [1.54, 1.807) is 25.6 Å². The van der Waals surface area contributed by atoms with E-state index in [9.17, 15) is 0 Å². The zero-order valence-electron chi connectivity index (χ0n) is 16.8. The molecular weight excluding hydrogens is 400 g/mol. The van der Waals surface area contributed by atoms with Crippen LogP contribution in [-0.4, -0.2) is 55.4 Å². The summed E-state index contributed by atoms with van der Waals surface area (Å²) in [6.07, 6.45) is 0. The van der Waals surface area contributed by atoms with E-state index in [0.717, 1.165) is 47.7 Å². The van der Waals surface area contributed by atoms with Crippen molar-refractivity contribution in [3.8, 4) is 11.5 Å². The van der Waals surface area contributed by atoms with Crippen LogP contribution in [0.4, 0.5) is 16.9 Å². The van der Waals surface area contributed by atoms with E-state index in [1.807, 2.05) is 24.3 Å². The third kappa shape index (κ3) is 3.21. The van der Waals surface area contributed by atoms with Gasteiger partial charge in [0, 0.05) is 37.6 Å². The number of nitrogens with zero attached hydrogens (tertiary/aromatic N) is 5. The highest BCUT2D eigenvalue weighted by Gasteiger charge is 2.23.